The first-order chi connectivity index (χ1) is 12.4. The van der Waals surface area contributed by atoms with Crippen LogP contribution in [0.1, 0.15) is 11.1 Å². The zero-order valence-corrected chi connectivity index (χ0v) is 16.9. The second kappa shape index (κ2) is 8.06. The molecule has 0 N–H and O–H groups in total. The summed E-state index contributed by atoms with van der Waals surface area (Å²) in [5, 5.41) is 0. The van der Waals surface area contributed by atoms with Crippen molar-refractivity contribution in [2.45, 2.75) is 18.0 Å². The van der Waals surface area contributed by atoms with Crippen LogP contribution in [-0.2, 0) is 22.9 Å². The van der Waals surface area contributed by atoms with Gasteiger partial charge in [-0.3, -0.25) is 0 Å². The lowest BCUT2D eigenvalue weighted by molar-refractivity contribution is 0.601. The summed E-state index contributed by atoms with van der Waals surface area (Å²) in [6.07, 6.45) is 1.25. The highest BCUT2D eigenvalue weighted by molar-refractivity contribution is 9.10. The molecule has 0 unspecified atom stereocenters. The van der Waals surface area contributed by atoms with E-state index in [-0.39, 0.29) is 0 Å². The molecule has 0 heterocycles. The molecule has 0 saturated carbocycles. The maximum Gasteiger partial charge on any atom is 0.177 e. The molecule has 5 heteroatoms. The third kappa shape index (κ3) is 4.74. The van der Waals surface area contributed by atoms with E-state index in [9.17, 15) is 8.42 Å². The van der Waals surface area contributed by atoms with E-state index in [0.717, 1.165) is 15.6 Å². The molecule has 3 aromatic rings. The Hall–Kier alpha value is -2.11. The lowest BCUT2D eigenvalue weighted by atomic mass is 10.1. The van der Waals surface area contributed by atoms with Crippen molar-refractivity contribution in [1.82, 2.24) is 0 Å². The number of anilines is 1. The van der Waals surface area contributed by atoms with Gasteiger partial charge in [-0.15, -0.1) is 0 Å². The summed E-state index contributed by atoms with van der Waals surface area (Å²) in [6, 6.07) is 25.6. The van der Waals surface area contributed by atoms with Gasteiger partial charge in [0.05, 0.1) is 10.6 Å². The number of sulfone groups is 1. The van der Waals surface area contributed by atoms with Crippen molar-refractivity contribution in [1.29, 1.82) is 0 Å². The van der Waals surface area contributed by atoms with E-state index >= 15 is 0 Å². The highest BCUT2D eigenvalue weighted by Crippen LogP contribution is 2.31. The van der Waals surface area contributed by atoms with E-state index in [0.29, 0.717) is 23.7 Å². The first-order valence-corrected chi connectivity index (χ1v) is 10.9. The van der Waals surface area contributed by atoms with E-state index in [1.54, 1.807) is 6.07 Å². The highest BCUT2D eigenvalue weighted by Gasteiger charge is 2.19. The predicted molar refractivity (Wildman–Crippen MR) is 110 cm³/mol. The minimum Gasteiger partial charge on any atom is -0.362 e. The summed E-state index contributed by atoms with van der Waals surface area (Å²) in [7, 11) is -3.36. The van der Waals surface area contributed by atoms with Crippen molar-refractivity contribution in [3.05, 3.63) is 94.5 Å². The first kappa shape index (κ1) is 18.7. The van der Waals surface area contributed by atoms with Gasteiger partial charge in [0.25, 0.3) is 0 Å². The van der Waals surface area contributed by atoms with Gasteiger partial charge in [0.1, 0.15) is 0 Å². The maximum atomic E-state index is 12.4. The molecular formula is C21H20BrNO2S. The van der Waals surface area contributed by atoms with E-state index in [4.69, 9.17) is 0 Å². The smallest absolute Gasteiger partial charge is 0.177 e. The van der Waals surface area contributed by atoms with Crippen LogP contribution in [0.4, 0.5) is 5.69 Å². The van der Waals surface area contributed by atoms with Gasteiger partial charge < -0.3 is 4.90 Å². The van der Waals surface area contributed by atoms with Gasteiger partial charge in [-0.25, -0.2) is 8.42 Å². The Morgan fingerprint density at radius 2 is 1.31 bits per heavy atom. The molecule has 0 aliphatic rings. The number of benzene rings is 3. The van der Waals surface area contributed by atoms with Gasteiger partial charge >= 0.3 is 0 Å². The molecule has 3 rings (SSSR count). The lowest BCUT2D eigenvalue weighted by Crippen LogP contribution is -2.24. The Kier molecular flexibility index (Phi) is 5.79. The fourth-order valence-electron chi connectivity index (χ4n) is 2.88. The zero-order chi connectivity index (χ0) is 18.6. The summed E-state index contributed by atoms with van der Waals surface area (Å²) in [5.74, 6) is 0. The molecule has 0 aliphatic carbocycles. The van der Waals surface area contributed by atoms with E-state index in [1.807, 2.05) is 48.5 Å². The standard InChI is InChI=1S/C21H20BrNO2S/c1-26(24,25)21-14-19(22)12-13-20(21)23(15-17-8-4-2-5-9-17)16-18-10-6-3-7-11-18/h2-14H,15-16H2,1H3. The molecule has 0 fully saturated rings. The monoisotopic (exact) mass is 429 g/mol. The molecule has 0 bridgehead atoms. The van der Waals surface area contributed by atoms with E-state index in [2.05, 4.69) is 45.1 Å². The lowest BCUT2D eigenvalue weighted by Gasteiger charge is -2.27. The number of halogens is 1. The third-order valence-electron chi connectivity index (χ3n) is 4.09. The summed E-state index contributed by atoms with van der Waals surface area (Å²) < 4.78 is 25.5. The molecule has 3 nitrogen and oxygen atoms in total. The average molecular weight is 430 g/mol. The quantitative estimate of drug-likeness (QED) is 0.549. The SMILES string of the molecule is CS(=O)(=O)c1cc(Br)ccc1N(Cc1ccccc1)Cc1ccccc1. The van der Waals surface area contributed by atoms with Crippen molar-refractivity contribution in [3.8, 4) is 0 Å². The fraction of sp³-hybridized carbons (Fsp3) is 0.143. The molecule has 0 amide bonds. The minimum atomic E-state index is -3.36. The number of hydrogen-bond donors (Lipinski definition) is 0. The number of rotatable bonds is 6. The molecule has 0 saturated heterocycles. The van der Waals surface area contributed by atoms with Gasteiger partial charge in [-0.1, -0.05) is 76.6 Å². The summed E-state index contributed by atoms with van der Waals surface area (Å²) in [5.41, 5.74) is 2.97. The van der Waals surface area contributed by atoms with Gasteiger partial charge in [0, 0.05) is 23.8 Å². The van der Waals surface area contributed by atoms with Crippen molar-refractivity contribution in [2.24, 2.45) is 0 Å². The summed E-state index contributed by atoms with van der Waals surface area (Å²) in [4.78, 5) is 2.44. The molecule has 0 radical (unpaired) electrons. The summed E-state index contributed by atoms with van der Waals surface area (Å²) in [6.45, 7) is 1.25. The van der Waals surface area contributed by atoms with Crippen LogP contribution in [0.3, 0.4) is 0 Å². The van der Waals surface area contributed by atoms with Gasteiger partial charge in [-0.2, -0.15) is 0 Å². The van der Waals surface area contributed by atoms with Crippen molar-refractivity contribution in [2.75, 3.05) is 11.2 Å². The largest absolute Gasteiger partial charge is 0.362 e. The summed E-state index contributed by atoms with van der Waals surface area (Å²) >= 11 is 3.39. The van der Waals surface area contributed by atoms with Crippen molar-refractivity contribution < 1.29 is 8.42 Å². The molecule has 0 aliphatic heterocycles. The van der Waals surface area contributed by atoms with Crippen LogP contribution >= 0.6 is 15.9 Å². The Bertz CT molecular complexity index is 932. The molecule has 26 heavy (non-hydrogen) atoms. The van der Waals surface area contributed by atoms with Crippen LogP contribution in [0.15, 0.2) is 88.2 Å². The van der Waals surface area contributed by atoms with Crippen LogP contribution in [0.25, 0.3) is 0 Å². The zero-order valence-electron chi connectivity index (χ0n) is 14.5. The maximum absolute atomic E-state index is 12.4. The molecule has 0 spiro atoms. The minimum absolute atomic E-state index is 0.332. The van der Waals surface area contributed by atoms with Crippen LogP contribution in [0.5, 0.6) is 0 Å². The van der Waals surface area contributed by atoms with Crippen molar-refractivity contribution >= 4 is 31.5 Å². The highest BCUT2D eigenvalue weighted by atomic mass is 79.9. The van der Waals surface area contributed by atoms with Crippen molar-refractivity contribution in [3.63, 3.8) is 0 Å². The van der Waals surface area contributed by atoms with Gasteiger partial charge in [0.15, 0.2) is 9.84 Å². The van der Waals surface area contributed by atoms with Crippen LogP contribution in [0.2, 0.25) is 0 Å². The van der Waals surface area contributed by atoms with E-state index < -0.39 is 9.84 Å². The third-order valence-corrected chi connectivity index (χ3v) is 5.71. The normalized spacial score (nSPS) is 11.3. The number of hydrogen-bond acceptors (Lipinski definition) is 3. The second-order valence-corrected chi connectivity index (χ2v) is 9.11. The molecule has 134 valence electrons. The molecule has 0 atom stereocenters. The second-order valence-electron chi connectivity index (χ2n) is 6.21. The predicted octanol–water partition coefficient (Wildman–Crippen LogP) is 5.06. The molecule has 3 aromatic carbocycles. The number of nitrogens with zero attached hydrogens (tertiary/aromatic N) is 1. The average Bonchev–Trinajstić information content (AvgIpc) is 2.62. The van der Waals surface area contributed by atoms with Crippen LogP contribution < -0.4 is 4.90 Å². The Morgan fingerprint density at radius 1 is 0.808 bits per heavy atom. The Morgan fingerprint density at radius 3 is 1.77 bits per heavy atom. The molecule has 0 aromatic heterocycles. The van der Waals surface area contributed by atoms with Crippen LogP contribution in [0, 0.1) is 0 Å². The topological polar surface area (TPSA) is 37.4 Å². The van der Waals surface area contributed by atoms with E-state index in [1.165, 1.54) is 6.26 Å². The molecular weight excluding hydrogens is 410 g/mol. The Labute approximate surface area is 163 Å². The van der Waals surface area contributed by atoms with Gasteiger partial charge in [0.2, 0.25) is 0 Å². The Balaban J connectivity index is 2.06. The fourth-order valence-corrected chi connectivity index (χ4v) is 4.31. The first-order valence-electron chi connectivity index (χ1n) is 8.26. The van der Waals surface area contributed by atoms with Gasteiger partial charge in [-0.05, 0) is 29.3 Å². The van der Waals surface area contributed by atoms with Crippen LogP contribution in [-0.4, -0.2) is 14.7 Å².